The minimum atomic E-state index is -0.637. The van der Waals surface area contributed by atoms with Crippen LogP contribution in [-0.4, -0.2) is 30.2 Å². The second kappa shape index (κ2) is 7.48. The summed E-state index contributed by atoms with van der Waals surface area (Å²) in [5.41, 5.74) is 1.17. The fourth-order valence-corrected chi connectivity index (χ4v) is 6.16. The normalized spacial score (nSPS) is 30.8. The quantitative estimate of drug-likeness (QED) is 0.265. The van der Waals surface area contributed by atoms with Crippen molar-refractivity contribution in [2.45, 2.75) is 6.42 Å². The first-order valence-corrected chi connectivity index (χ1v) is 11.9. The highest BCUT2D eigenvalue weighted by atomic mass is 79.9. The van der Waals surface area contributed by atoms with E-state index in [9.17, 15) is 19.2 Å². The fraction of sp³-hybridized carbons (Fsp3) is 0.308. The number of imide groups is 1. The fourth-order valence-electron chi connectivity index (χ4n) is 5.89. The van der Waals surface area contributed by atoms with Gasteiger partial charge in [0.25, 0.3) is 0 Å². The van der Waals surface area contributed by atoms with Gasteiger partial charge in [-0.2, -0.15) is 0 Å². The standard InChI is InChI=1S/C26H20BrNO5/c27-15-5-1-13(2-6-15)21(29)12-33-26(32)14-3-7-16(8-4-14)28-24(30)22-17-9-10-18(20-11-19(17)20)23(22)25(28)31/h1-10,17-20,22-23H,11-12H2/t17-,18-,19-,20+,22+,23+/m0/s1. The van der Waals surface area contributed by atoms with Crippen LogP contribution >= 0.6 is 15.9 Å². The average molecular weight is 506 g/mol. The number of rotatable bonds is 5. The molecule has 5 aliphatic rings. The highest BCUT2D eigenvalue weighted by Crippen LogP contribution is 2.65. The van der Waals surface area contributed by atoms with Crippen molar-refractivity contribution in [1.82, 2.24) is 0 Å². The molecule has 2 saturated carbocycles. The third-order valence-corrected chi connectivity index (χ3v) is 8.05. The number of carbonyl (C=O) groups is 4. The summed E-state index contributed by atoms with van der Waals surface area (Å²) >= 11 is 3.31. The minimum Gasteiger partial charge on any atom is -0.454 e. The van der Waals surface area contributed by atoms with Gasteiger partial charge in [0.2, 0.25) is 11.8 Å². The second-order valence-corrected chi connectivity index (χ2v) is 10.1. The van der Waals surface area contributed by atoms with E-state index in [1.54, 1.807) is 36.4 Å². The third-order valence-electron chi connectivity index (χ3n) is 7.52. The van der Waals surface area contributed by atoms with Gasteiger partial charge in [0.15, 0.2) is 12.4 Å². The number of hydrogen-bond donors (Lipinski definition) is 0. The van der Waals surface area contributed by atoms with E-state index in [0.29, 0.717) is 23.1 Å². The third kappa shape index (κ3) is 3.21. The molecule has 166 valence electrons. The van der Waals surface area contributed by atoms with Crippen molar-refractivity contribution in [2.75, 3.05) is 11.5 Å². The molecule has 0 radical (unpaired) electrons. The summed E-state index contributed by atoms with van der Waals surface area (Å²) in [7, 11) is 0. The molecule has 0 unspecified atom stereocenters. The smallest absolute Gasteiger partial charge is 0.338 e. The summed E-state index contributed by atoms with van der Waals surface area (Å²) in [6.45, 7) is -0.368. The zero-order valence-corrected chi connectivity index (χ0v) is 19.1. The number of esters is 1. The van der Waals surface area contributed by atoms with Crippen molar-refractivity contribution < 1.29 is 23.9 Å². The molecule has 7 heteroatoms. The molecule has 6 atom stereocenters. The Morgan fingerprint density at radius 2 is 1.39 bits per heavy atom. The average Bonchev–Trinajstić information content (AvgIpc) is 3.61. The zero-order valence-electron chi connectivity index (χ0n) is 17.5. The highest BCUT2D eigenvalue weighted by molar-refractivity contribution is 9.10. The van der Waals surface area contributed by atoms with E-state index < -0.39 is 5.97 Å². The molecule has 2 bridgehead atoms. The Bertz CT molecular complexity index is 1180. The maximum absolute atomic E-state index is 13.2. The number of allylic oxidation sites excluding steroid dienone is 2. The van der Waals surface area contributed by atoms with Crippen LogP contribution in [-0.2, 0) is 14.3 Å². The molecule has 33 heavy (non-hydrogen) atoms. The number of anilines is 1. The van der Waals surface area contributed by atoms with Crippen LogP contribution in [0, 0.1) is 35.5 Å². The summed E-state index contributed by atoms with van der Waals surface area (Å²) < 4.78 is 6.01. The lowest BCUT2D eigenvalue weighted by Crippen LogP contribution is -2.40. The largest absolute Gasteiger partial charge is 0.454 e. The number of nitrogens with zero attached hydrogens (tertiary/aromatic N) is 1. The van der Waals surface area contributed by atoms with Crippen molar-refractivity contribution in [3.05, 3.63) is 76.3 Å². The van der Waals surface area contributed by atoms with Gasteiger partial charge in [-0.1, -0.05) is 40.2 Å². The lowest BCUT2D eigenvalue weighted by Gasteiger charge is -2.37. The number of Topliss-reactive ketones (excluding diaryl/α,β-unsaturated/α-hetero) is 1. The number of hydrogen-bond acceptors (Lipinski definition) is 5. The van der Waals surface area contributed by atoms with Crippen LogP contribution in [0.25, 0.3) is 0 Å². The molecular weight excluding hydrogens is 486 g/mol. The van der Waals surface area contributed by atoms with E-state index in [1.807, 2.05) is 0 Å². The van der Waals surface area contributed by atoms with Crippen LogP contribution in [0.5, 0.6) is 0 Å². The van der Waals surface area contributed by atoms with Gasteiger partial charge in [-0.25, -0.2) is 4.79 Å². The molecule has 1 saturated heterocycles. The van der Waals surface area contributed by atoms with Crippen LogP contribution in [0.15, 0.2) is 65.2 Å². The Morgan fingerprint density at radius 1 is 0.848 bits per heavy atom. The van der Waals surface area contributed by atoms with Gasteiger partial charge in [-0.05, 0) is 66.5 Å². The highest BCUT2D eigenvalue weighted by Gasteiger charge is 2.67. The van der Waals surface area contributed by atoms with E-state index in [2.05, 4.69) is 28.1 Å². The molecule has 0 N–H and O–H groups in total. The predicted molar refractivity (Wildman–Crippen MR) is 122 cm³/mol. The van der Waals surface area contributed by atoms with Gasteiger partial charge in [-0.3, -0.25) is 19.3 Å². The van der Waals surface area contributed by atoms with E-state index in [4.69, 9.17) is 4.74 Å². The maximum Gasteiger partial charge on any atom is 0.338 e. The van der Waals surface area contributed by atoms with E-state index >= 15 is 0 Å². The zero-order chi connectivity index (χ0) is 22.9. The van der Waals surface area contributed by atoms with Crippen molar-refractivity contribution >= 4 is 45.2 Å². The molecule has 4 aliphatic carbocycles. The minimum absolute atomic E-state index is 0.134. The maximum atomic E-state index is 13.2. The van der Waals surface area contributed by atoms with Gasteiger partial charge >= 0.3 is 5.97 Å². The van der Waals surface area contributed by atoms with Gasteiger partial charge in [0.1, 0.15) is 0 Å². The number of ketones is 1. The number of benzene rings is 2. The van der Waals surface area contributed by atoms with Crippen LogP contribution in [0.1, 0.15) is 27.1 Å². The lowest BCUT2D eigenvalue weighted by molar-refractivity contribution is -0.124. The number of amides is 2. The first kappa shape index (κ1) is 20.5. The summed E-state index contributed by atoms with van der Waals surface area (Å²) in [5, 5.41) is 0. The Morgan fingerprint density at radius 3 is 1.97 bits per heavy atom. The molecular formula is C26H20BrNO5. The molecule has 2 aromatic rings. The van der Waals surface area contributed by atoms with Gasteiger partial charge in [0, 0.05) is 10.0 Å². The summed E-state index contributed by atoms with van der Waals surface area (Å²) in [6, 6.07) is 13.0. The first-order valence-electron chi connectivity index (χ1n) is 11.1. The Balaban J connectivity index is 1.14. The Labute approximate surface area is 198 Å². The van der Waals surface area contributed by atoms with Gasteiger partial charge < -0.3 is 4.74 Å². The molecule has 7 rings (SSSR count). The summed E-state index contributed by atoms with van der Waals surface area (Å²) in [5.74, 6) is -0.281. The monoisotopic (exact) mass is 505 g/mol. The first-order chi connectivity index (χ1) is 15.9. The molecule has 1 aliphatic heterocycles. The van der Waals surface area contributed by atoms with E-state index in [0.717, 1.165) is 10.9 Å². The van der Waals surface area contributed by atoms with Crippen LogP contribution in [0.2, 0.25) is 0 Å². The Kier molecular flexibility index (Phi) is 4.66. The molecule has 1 heterocycles. The van der Waals surface area contributed by atoms with Crippen LogP contribution < -0.4 is 4.90 Å². The number of carbonyl (C=O) groups excluding carboxylic acids is 4. The summed E-state index contributed by atoms with van der Waals surface area (Å²) in [4.78, 5) is 52.3. The van der Waals surface area contributed by atoms with Crippen molar-refractivity contribution in [3.63, 3.8) is 0 Å². The SMILES string of the molecule is O=C(COC(=O)c1ccc(N2C(=O)[C@@H]3[C@H]4C=C[C@@H]([C@@H]5C[C@H]45)[C@H]3C2=O)cc1)c1ccc(Br)cc1. The number of halogens is 1. The van der Waals surface area contributed by atoms with Crippen LogP contribution in [0.4, 0.5) is 5.69 Å². The molecule has 2 amide bonds. The molecule has 0 aromatic heterocycles. The predicted octanol–water partition coefficient (Wildman–Crippen LogP) is 4.05. The number of ether oxygens (including phenoxy) is 1. The van der Waals surface area contributed by atoms with Crippen LogP contribution in [0.3, 0.4) is 0 Å². The van der Waals surface area contributed by atoms with Crippen molar-refractivity contribution in [3.8, 4) is 0 Å². The Hall–Kier alpha value is -3.06. The van der Waals surface area contributed by atoms with Gasteiger partial charge in [0.05, 0.1) is 23.1 Å². The molecule has 2 aromatic carbocycles. The topological polar surface area (TPSA) is 80.8 Å². The van der Waals surface area contributed by atoms with E-state index in [1.165, 1.54) is 17.0 Å². The molecule has 0 spiro atoms. The van der Waals surface area contributed by atoms with Crippen molar-refractivity contribution in [1.29, 1.82) is 0 Å². The summed E-state index contributed by atoms with van der Waals surface area (Å²) in [6.07, 6.45) is 5.41. The van der Waals surface area contributed by atoms with E-state index in [-0.39, 0.29) is 53.4 Å². The second-order valence-electron chi connectivity index (χ2n) is 9.22. The van der Waals surface area contributed by atoms with Crippen molar-refractivity contribution in [2.24, 2.45) is 35.5 Å². The molecule has 3 fully saturated rings. The molecule has 6 nitrogen and oxygen atoms in total. The lowest BCUT2D eigenvalue weighted by atomic mass is 9.63. The van der Waals surface area contributed by atoms with Gasteiger partial charge in [-0.15, -0.1) is 0 Å².